The Morgan fingerprint density at radius 3 is 2.67 bits per heavy atom. The maximum atomic E-state index is 5.56. The zero-order valence-corrected chi connectivity index (χ0v) is 9.36. The molecule has 1 rings (SSSR count). The number of anilines is 3. The van der Waals surface area contributed by atoms with E-state index in [4.69, 9.17) is 11.6 Å². The Kier molecular flexibility index (Phi) is 3.68. The summed E-state index contributed by atoms with van der Waals surface area (Å²) in [5.41, 5.74) is 8.02. The van der Waals surface area contributed by atoms with Crippen LogP contribution in [-0.2, 0) is 0 Å². The summed E-state index contributed by atoms with van der Waals surface area (Å²) in [6.45, 7) is 5.19. The van der Waals surface area contributed by atoms with Gasteiger partial charge in [0, 0.05) is 19.7 Å². The molecule has 0 aliphatic carbocycles. The second-order valence-corrected chi connectivity index (χ2v) is 3.89. The van der Waals surface area contributed by atoms with Crippen molar-refractivity contribution in [2.75, 3.05) is 29.7 Å². The molecule has 1 heterocycles. The number of nitrogens with zero attached hydrogens (tertiary/aromatic N) is 3. The third-order valence-electron chi connectivity index (χ3n) is 1.91. The van der Waals surface area contributed by atoms with E-state index in [9.17, 15) is 0 Å². The lowest BCUT2D eigenvalue weighted by Crippen LogP contribution is -2.24. The topological polar surface area (TPSA) is 93.1 Å². The first-order valence-electron chi connectivity index (χ1n) is 4.85. The van der Waals surface area contributed by atoms with E-state index in [0.717, 1.165) is 12.4 Å². The van der Waals surface area contributed by atoms with Crippen LogP contribution in [0.1, 0.15) is 13.8 Å². The summed E-state index contributed by atoms with van der Waals surface area (Å²) < 4.78 is 0. The van der Waals surface area contributed by atoms with Gasteiger partial charge in [0.25, 0.3) is 0 Å². The van der Waals surface area contributed by atoms with Crippen LogP contribution < -0.4 is 21.9 Å². The number of nitrogen functional groups attached to an aromatic ring is 2. The van der Waals surface area contributed by atoms with Gasteiger partial charge < -0.3 is 16.1 Å². The van der Waals surface area contributed by atoms with Gasteiger partial charge in [-0.3, -0.25) is 0 Å². The second-order valence-electron chi connectivity index (χ2n) is 3.89. The van der Waals surface area contributed by atoms with Gasteiger partial charge in [-0.2, -0.15) is 9.97 Å². The van der Waals surface area contributed by atoms with Crippen LogP contribution in [0.15, 0.2) is 6.07 Å². The molecule has 5 N–H and O–H groups in total. The van der Waals surface area contributed by atoms with E-state index in [1.54, 1.807) is 6.07 Å². The molecule has 1 aromatic heterocycles. The van der Waals surface area contributed by atoms with Crippen molar-refractivity contribution in [1.82, 2.24) is 9.97 Å². The fourth-order valence-electron chi connectivity index (χ4n) is 1.36. The Morgan fingerprint density at radius 2 is 2.13 bits per heavy atom. The van der Waals surface area contributed by atoms with Crippen molar-refractivity contribution in [3.8, 4) is 0 Å². The molecule has 0 aliphatic heterocycles. The maximum absolute atomic E-state index is 5.56. The number of hydrazine groups is 1. The highest BCUT2D eigenvalue weighted by molar-refractivity contribution is 5.51. The van der Waals surface area contributed by atoms with Crippen molar-refractivity contribution in [3.05, 3.63) is 6.07 Å². The zero-order valence-electron chi connectivity index (χ0n) is 9.36. The minimum atomic E-state index is 0.219. The van der Waals surface area contributed by atoms with Gasteiger partial charge in [0.1, 0.15) is 11.6 Å². The molecule has 0 fully saturated rings. The monoisotopic (exact) mass is 210 g/mol. The van der Waals surface area contributed by atoms with Gasteiger partial charge in [0.2, 0.25) is 5.95 Å². The summed E-state index contributed by atoms with van der Waals surface area (Å²) >= 11 is 0. The number of aromatic nitrogens is 2. The molecular formula is C9H18N6. The van der Waals surface area contributed by atoms with Crippen LogP contribution in [0.5, 0.6) is 0 Å². The highest BCUT2D eigenvalue weighted by Gasteiger charge is 2.07. The average molecular weight is 210 g/mol. The predicted octanol–water partition coefficient (Wildman–Crippen LogP) is 0.437. The molecule has 0 amide bonds. The van der Waals surface area contributed by atoms with Crippen molar-refractivity contribution < 1.29 is 0 Å². The lowest BCUT2D eigenvalue weighted by molar-refractivity contribution is 0.634. The molecule has 15 heavy (non-hydrogen) atoms. The first-order chi connectivity index (χ1) is 7.02. The molecule has 0 bridgehead atoms. The van der Waals surface area contributed by atoms with Gasteiger partial charge in [-0.25, -0.2) is 5.84 Å². The first kappa shape index (κ1) is 11.5. The smallest absolute Gasteiger partial charge is 0.223 e. The predicted molar refractivity (Wildman–Crippen MR) is 62.4 cm³/mol. The van der Waals surface area contributed by atoms with E-state index in [1.807, 2.05) is 11.9 Å². The highest BCUT2D eigenvalue weighted by Crippen LogP contribution is 2.15. The van der Waals surface area contributed by atoms with Crippen LogP contribution in [0.3, 0.4) is 0 Å². The van der Waals surface area contributed by atoms with Crippen LogP contribution >= 0.6 is 0 Å². The quantitative estimate of drug-likeness (QED) is 0.493. The van der Waals surface area contributed by atoms with Gasteiger partial charge >= 0.3 is 0 Å². The van der Waals surface area contributed by atoms with Crippen molar-refractivity contribution >= 4 is 17.6 Å². The van der Waals surface area contributed by atoms with Crippen molar-refractivity contribution in [3.63, 3.8) is 0 Å². The molecule has 0 radical (unpaired) electrons. The van der Waals surface area contributed by atoms with E-state index in [1.165, 1.54) is 0 Å². The van der Waals surface area contributed by atoms with Gasteiger partial charge in [-0.05, 0) is 5.92 Å². The minimum Gasteiger partial charge on any atom is -0.368 e. The number of hydrogen-bond donors (Lipinski definition) is 3. The second kappa shape index (κ2) is 4.79. The standard InChI is InChI=1S/C9H18N6/c1-6(2)5-15(3)8-4-7(14-11)12-9(10)13-8/h4,6H,5,11H2,1-3H3,(H3,10,12,13,14). The molecular weight excluding hydrogens is 192 g/mol. The van der Waals surface area contributed by atoms with E-state index in [0.29, 0.717) is 11.7 Å². The first-order valence-corrected chi connectivity index (χ1v) is 4.85. The Morgan fingerprint density at radius 1 is 1.47 bits per heavy atom. The molecule has 1 aromatic rings. The van der Waals surface area contributed by atoms with Gasteiger partial charge in [0.05, 0.1) is 0 Å². The third-order valence-corrected chi connectivity index (χ3v) is 1.91. The lowest BCUT2D eigenvalue weighted by Gasteiger charge is -2.20. The van der Waals surface area contributed by atoms with Crippen LogP contribution in [0.25, 0.3) is 0 Å². The molecule has 0 atom stereocenters. The molecule has 0 aromatic carbocycles. The molecule has 6 heteroatoms. The van der Waals surface area contributed by atoms with E-state index >= 15 is 0 Å². The Bertz CT molecular complexity index is 324. The summed E-state index contributed by atoms with van der Waals surface area (Å²) in [5.74, 6) is 7.34. The third kappa shape index (κ3) is 3.25. The van der Waals surface area contributed by atoms with Gasteiger partial charge in [-0.1, -0.05) is 13.8 Å². The minimum absolute atomic E-state index is 0.219. The molecule has 0 saturated carbocycles. The average Bonchev–Trinajstić information content (AvgIpc) is 2.15. The molecule has 0 unspecified atom stereocenters. The molecule has 0 aliphatic rings. The summed E-state index contributed by atoms with van der Waals surface area (Å²) in [6, 6.07) is 1.76. The highest BCUT2D eigenvalue weighted by atomic mass is 15.3. The van der Waals surface area contributed by atoms with Gasteiger partial charge in [0.15, 0.2) is 0 Å². The number of hydrogen-bond acceptors (Lipinski definition) is 6. The lowest BCUT2D eigenvalue weighted by atomic mass is 10.2. The number of nitrogens with two attached hydrogens (primary N) is 2. The van der Waals surface area contributed by atoms with Crippen molar-refractivity contribution in [2.45, 2.75) is 13.8 Å². The van der Waals surface area contributed by atoms with E-state index in [2.05, 4.69) is 29.2 Å². The molecule has 84 valence electrons. The van der Waals surface area contributed by atoms with Crippen LogP contribution in [-0.4, -0.2) is 23.6 Å². The summed E-state index contributed by atoms with van der Waals surface area (Å²) in [6.07, 6.45) is 0. The SMILES string of the molecule is CC(C)CN(C)c1cc(NN)nc(N)n1. The fourth-order valence-corrected chi connectivity index (χ4v) is 1.36. The Hall–Kier alpha value is -1.56. The van der Waals surface area contributed by atoms with Crippen LogP contribution in [0, 0.1) is 5.92 Å². The normalized spacial score (nSPS) is 10.5. The maximum Gasteiger partial charge on any atom is 0.223 e. The zero-order chi connectivity index (χ0) is 11.4. The Labute approximate surface area is 89.7 Å². The van der Waals surface area contributed by atoms with Gasteiger partial charge in [-0.15, -0.1) is 0 Å². The number of nitrogens with one attached hydrogen (secondary N) is 1. The fraction of sp³-hybridized carbons (Fsp3) is 0.556. The molecule has 6 nitrogen and oxygen atoms in total. The van der Waals surface area contributed by atoms with Crippen LogP contribution in [0.2, 0.25) is 0 Å². The Balaban J connectivity index is 2.88. The van der Waals surface area contributed by atoms with Crippen molar-refractivity contribution in [1.29, 1.82) is 0 Å². The summed E-state index contributed by atoms with van der Waals surface area (Å²) in [5, 5.41) is 0. The van der Waals surface area contributed by atoms with Crippen LogP contribution in [0.4, 0.5) is 17.6 Å². The largest absolute Gasteiger partial charge is 0.368 e. The van der Waals surface area contributed by atoms with E-state index in [-0.39, 0.29) is 5.95 Å². The van der Waals surface area contributed by atoms with E-state index < -0.39 is 0 Å². The molecule has 0 spiro atoms. The number of rotatable bonds is 4. The molecule has 0 saturated heterocycles. The summed E-state index contributed by atoms with van der Waals surface area (Å²) in [7, 11) is 1.96. The van der Waals surface area contributed by atoms with Crippen molar-refractivity contribution in [2.24, 2.45) is 11.8 Å². The summed E-state index contributed by atoms with van der Waals surface area (Å²) in [4.78, 5) is 10.1.